The molecule has 0 unspecified atom stereocenters. The minimum absolute atomic E-state index is 0.0296. The van der Waals surface area contributed by atoms with Crippen LogP contribution in [-0.2, 0) is 4.79 Å². The van der Waals surface area contributed by atoms with E-state index in [1.807, 2.05) is 0 Å². The molecule has 27 heavy (non-hydrogen) atoms. The average molecular weight is 387 g/mol. The molecule has 0 aliphatic rings. The van der Waals surface area contributed by atoms with Crippen LogP contribution in [0.5, 0.6) is 5.75 Å². The molecule has 3 aromatic rings. The summed E-state index contributed by atoms with van der Waals surface area (Å²) in [5, 5.41) is 14.2. The first-order valence-electron chi connectivity index (χ1n) is 7.88. The Morgan fingerprint density at radius 2 is 2.15 bits per heavy atom. The Bertz CT molecular complexity index is 1090. The van der Waals surface area contributed by atoms with Crippen LogP contribution in [0.15, 0.2) is 52.4 Å². The van der Waals surface area contributed by atoms with E-state index in [2.05, 4.69) is 15.5 Å². The van der Waals surface area contributed by atoms with Gasteiger partial charge in [-0.25, -0.2) is 10.4 Å². The van der Waals surface area contributed by atoms with E-state index in [1.165, 1.54) is 24.4 Å². The van der Waals surface area contributed by atoms with E-state index in [0.717, 1.165) is 4.73 Å². The van der Waals surface area contributed by atoms with Gasteiger partial charge in [-0.15, -0.1) is 4.73 Å². The molecule has 1 amide bonds. The molecule has 138 valence electrons. The Balaban J connectivity index is 1.66. The maximum Gasteiger partial charge on any atom is 0.294 e. The van der Waals surface area contributed by atoms with Gasteiger partial charge in [0.05, 0.1) is 17.1 Å². The van der Waals surface area contributed by atoms with Crippen molar-refractivity contribution in [1.82, 2.24) is 15.1 Å². The molecular weight excluding hydrogens is 372 g/mol. The summed E-state index contributed by atoms with van der Waals surface area (Å²) in [4.78, 5) is 33.8. The summed E-state index contributed by atoms with van der Waals surface area (Å²) in [6, 6.07) is 11.3. The minimum atomic E-state index is -0.591. The molecule has 0 fully saturated rings. The highest BCUT2D eigenvalue weighted by molar-refractivity contribution is 6.30. The van der Waals surface area contributed by atoms with E-state index >= 15 is 0 Å². The number of aryl methyl sites for hydroxylation is 1. The van der Waals surface area contributed by atoms with E-state index in [-0.39, 0.29) is 5.75 Å². The fourth-order valence-electron chi connectivity index (χ4n) is 2.34. The number of hydrogen-bond acceptors (Lipinski definition) is 6. The second kappa shape index (κ2) is 7.88. The lowest BCUT2D eigenvalue weighted by Gasteiger charge is -2.11. The molecule has 0 bridgehead atoms. The van der Waals surface area contributed by atoms with Crippen LogP contribution in [0.2, 0.25) is 5.02 Å². The monoisotopic (exact) mass is 386 g/mol. The number of amides is 1. The van der Waals surface area contributed by atoms with Gasteiger partial charge in [-0.2, -0.15) is 5.10 Å². The number of para-hydroxylation sites is 1. The summed E-state index contributed by atoms with van der Waals surface area (Å²) in [7, 11) is 0. The number of phenolic OH excluding ortho intramolecular Hbond substituents is 1. The van der Waals surface area contributed by atoms with Gasteiger partial charge in [0.25, 0.3) is 11.5 Å². The van der Waals surface area contributed by atoms with Gasteiger partial charge in [0, 0.05) is 10.6 Å². The zero-order valence-electron chi connectivity index (χ0n) is 14.2. The predicted octanol–water partition coefficient (Wildman–Crippen LogP) is 1.64. The highest BCUT2D eigenvalue weighted by Crippen LogP contribution is 2.19. The van der Waals surface area contributed by atoms with Crippen LogP contribution in [0.3, 0.4) is 0 Å². The molecule has 3 rings (SSSR count). The van der Waals surface area contributed by atoms with Crippen LogP contribution >= 0.6 is 11.6 Å². The molecule has 8 nitrogen and oxygen atoms in total. The lowest BCUT2D eigenvalue weighted by molar-refractivity contribution is -0.126. The number of hydrazone groups is 1. The van der Waals surface area contributed by atoms with E-state index in [9.17, 15) is 14.7 Å². The number of rotatable bonds is 5. The molecule has 0 atom stereocenters. The molecule has 0 aliphatic heterocycles. The molecule has 2 aromatic carbocycles. The predicted molar refractivity (Wildman–Crippen MR) is 101 cm³/mol. The van der Waals surface area contributed by atoms with Crippen LogP contribution in [0.1, 0.15) is 11.4 Å². The normalized spacial score (nSPS) is 11.0. The lowest BCUT2D eigenvalue weighted by Crippen LogP contribution is -2.35. The van der Waals surface area contributed by atoms with Gasteiger partial charge in [-0.3, -0.25) is 9.59 Å². The zero-order chi connectivity index (χ0) is 19.4. The molecule has 1 heterocycles. The van der Waals surface area contributed by atoms with E-state index in [1.54, 1.807) is 31.2 Å². The first kappa shape index (κ1) is 18.4. The van der Waals surface area contributed by atoms with E-state index < -0.39 is 18.1 Å². The smallest absolute Gasteiger partial charge is 0.294 e. The summed E-state index contributed by atoms with van der Waals surface area (Å²) < 4.78 is 0.967. The number of halogens is 1. The van der Waals surface area contributed by atoms with Crippen LogP contribution in [0.4, 0.5) is 0 Å². The van der Waals surface area contributed by atoms with Gasteiger partial charge < -0.3 is 9.94 Å². The third-order valence-electron chi connectivity index (χ3n) is 3.60. The number of hydrogen-bond donors (Lipinski definition) is 2. The van der Waals surface area contributed by atoms with Crippen LogP contribution in [0.25, 0.3) is 10.9 Å². The van der Waals surface area contributed by atoms with Crippen molar-refractivity contribution in [2.24, 2.45) is 5.10 Å². The van der Waals surface area contributed by atoms with Gasteiger partial charge >= 0.3 is 0 Å². The largest absolute Gasteiger partial charge is 0.507 e. The summed E-state index contributed by atoms with van der Waals surface area (Å²) in [6.07, 6.45) is 1.24. The first-order valence-corrected chi connectivity index (χ1v) is 8.25. The molecule has 0 radical (unpaired) electrons. The summed E-state index contributed by atoms with van der Waals surface area (Å²) in [5.74, 6) is -0.302. The highest BCUT2D eigenvalue weighted by atomic mass is 35.5. The minimum Gasteiger partial charge on any atom is -0.507 e. The lowest BCUT2D eigenvalue weighted by atomic mass is 10.2. The van der Waals surface area contributed by atoms with Gasteiger partial charge in [0.2, 0.25) is 0 Å². The van der Waals surface area contributed by atoms with Gasteiger partial charge in [-0.05, 0) is 37.3 Å². The second-order valence-electron chi connectivity index (χ2n) is 5.55. The van der Waals surface area contributed by atoms with Crippen molar-refractivity contribution in [1.29, 1.82) is 0 Å². The van der Waals surface area contributed by atoms with Crippen molar-refractivity contribution in [2.75, 3.05) is 6.61 Å². The number of carbonyl (C=O) groups is 1. The van der Waals surface area contributed by atoms with Gasteiger partial charge in [0.1, 0.15) is 11.6 Å². The Hall–Kier alpha value is -3.39. The molecule has 9 heteroatoms. The topological polar surface area (TPSA) is 106 Å². The Kier molecular flexibility index (Phi) is 5.37. The number of fused-ring (bicyclic) bond motifs is 1. The number of aromatic nitrogens is 2. The van der Waals surface area contributed by atoms with Crippen LogP contribution < -0.4 is 15.8 Å². The number of nitrogens with zero attached hydrogens (tertiary/aromatic N) is 3. The van der Waals surface area contributed by atoms with Crippen molar-refractivity contribution in [3.8, 4) is 5.75 Å². The Labute approximate surface area is 158 Å². The third-order valence-corrected chi connectivity index (χ3v) is 3.84. The van der Waals surface area contributed by atoms with E-state index in [0.29, 0.717) is 27.3 Å². The standard InChI is InChI=1S/C18H15ClN4O4/c1-11-21-15-5-3-2-4-14(15)18(26)23(11)27-10-17(25)22-20-9-12-8-13(19)6-7-16(12)24/h2-9,24H,10H2,1H3,(H,22,25)/b20-9+. The summed E-state index contributed by atoms with van der Waals surface area (Å²) >= 11 is 5.83. The molecule has 2 N–H and O–H groups in total. The highest BCUT2D eigenvalue weighted by Gasteiger charge is 2.10. The maximum atomic E-state index is 12.4. The van der Waals surface area contributed by atoms with Crippen molar-refractivity contribution in [3.05, 3.63) is 69.2 Å². The molecule has 0 saturated carbocycles. The fraction of sp³-hybridized carbons (Fsp3) is 0.111. The Morgan fingerprint density at radius 3 is 2.96 bits per heavy atom. The van der Waals surface area contributed by atoms with E-state index in [4.69, 9.17) is 16.4 Å². The number of nitrogens with one attached hydrogen (secondary N) is 1. The number of aromatic hydroxyl groups is 1. The molecule has 0 saturated heterocycles. The molecule has 0 spiro atoms. The zero-order valence-corrected chi connectivity index (χ0v) is 15.0. The fourth-order valence-corrected chi connectivity index (χ4v) is 2.52. The SMILES string of the molecule is Cc1nc2ccccc2c(=O)n1OCC(=O)N/N=C/c1cc(Cl)ccc1O. The quantitative estimate of drug-likeness (QED) is 0.512. The first-order chi connectivity index (χ1) is 13.0. The number of carbonyl (C=O) groups excluding carboxylic acids is 1. The molecular formula is C18H15ClN4O4. The van der Waals surface area contributed by atoms with Crippen molar-refractivity contribution < 1.29 is 14.7 Å². The Morgan fingerprint density at radius 1 is 1.37 bits per heavy atom. The van der Waals surface area contributed by atoms with Crippen LogP contribution in [-0.4, -0.2) is 33.5 Å². The number of phenols is 1. The third kappa shape index (κ3) is 4.24. The van der Waals surface area contributed by atoms with Crippen molar-refractivity contribution >= 4 is 34.6 Å². The summed E-state index contributed by atoms with van der Waals surface area (Å²) in [6.45, 7) is 1.16. The second-order valence-corrected chi connectivity index (χ2v) is 5.98. The van der Waals surface area contributed by atoms with Gasteiger partial charge in [0.15, 0.2) is 6.61 Å². The molecule has 1 aromatic heterocycles. The van der Waals surface area contributed by atoms with Gasteiger partial charge in [-0.1, -0.05) is 23.7 Å². The van der Waals surface area contributed by atoms with Crippen molar-refractivity contribution in [3.63, 3.8) is 0 Å². The maximum absolute atomic E-state index is 12.4. The summed E-state index contributed by atoms with van der Waals surface area (Å²) in [5.41, 5.74) is 2.73. The molecule has 0 aliphatic carbocycles. The average Bonchev–Trinajstić information content (AvgIpc) is 2.64. The number of benzene rings is 2. The van der Waals surface area contributed by atoms with Crippen molar-refractivity contribution in [2.45, 2.75) is 6.92 Å². The van der Waals surface area contributed by atoms with Crippen LogP contribution in [0, 0.1) is 6.92 Å².